The molecule has 0 aliphatic heterocycles. The number of nitrogens with two attached hydrogens (primary N) is 1. The second-order valence-electron chi connectivity index (χ2n) is 6.62. The van der Waals surface area contributed by atoms with Crippen LogP contribution in [0.1, 0.15) is 46.1 Å². The number of carbonyl (C=O) groups excluding carboxylic acids is 1. The summed E-state index contributed by atoms with van der Waals surface area (Å²) >= 11 is 0. The molecule has 0 saturated carbocycles. The van der Waals surface area contributed by atoms with Gasteiger partial charge in [-0.25, -0.2) is 0 Å². The van der Waals surface area contributed by atoms with Crippen LogP contribution in [0.4, 0.5) is 0 Å². The molecule has 1 rings (SSSR count). The SMILES string of the molecule is CCN(Cc1ccccc1)C(=O)CC(N)CC(C)(C)C. The Balaban J connectivity index is 2.55. The van der Waals surface area contributed by atoms with Crippen LogP contribution in [-0.4, -0.2) is 23.4 Å². The van der Waals surface area contributed by atoms with E-state index in [-0.39, 0.29) is 17.4 Å². The Hall–Kier alpha value is -1.35. The Labute approximate surface area is 123 Å². The molecule has 0 saturated heterocycles. The molecule has 20 heavy (non-hydrogen) atoms. The highest BCUT2D eigenvalue weighted by molar-refractivity contribution is 5.76. The molecule has 1 unspecified atom stereocenters. The van der Waals surface area contributed by atoms with Crippen LogP contribution in [0.3, 0.4) is 0 Å². The van der Waals surface area contributed by atoms with Crippen LogP contribution in [-0.2, 0) is 11.3 Å². The summed E-state index contributed by atoms with van der Waals surface area (Å²) in [4.78, 5) is 14.2. The molecule has 2 N–H and O–H groups in total. The van der Waals surface area contributed by atoms with E-state index >= 15 is 0 Å². The number of hydrogen-bond donors (Lipinski definition) is 1. The van der Waals surface area contributed by atoms with Gasteiger partial charge in [0.1, 0.15) is 0 Å². The summed E-state index contributed by atoms with van der Waals surface area (Å²) in [6.07, 6.45) is 1.29. The minimum Gasteiger partial charge on any atom is -0.339 e. The van der Waals surface area contributed by atoms with E-state index in [2.05, 4.69) is 20.8 Å². The van der Waals surface area contributed by atoms with E-state index in [1.54, 1.807) is 0 Å². The first-order chi connectivity index (χ1) is 9.31. The Morgan fingerprint density at radius 2 is 1.85 bits per heavy atom. The van der Waals surface area contributed by atoms with Crippen molar-refractivity contribution < 1.29 is 4.79 Å². The fourth-order valence-corrected chi connectivity index (χ4v) is 2.39. The van der Waals surface area contributed by atoms with Gasteiger partial charge in [0.15, 0.2) is 0 Å². The monoisotopic (exact) mass is 276 g/mol. The fraction of sp³-hybridized carbons (Fsp3) is 0.588. The lowest BCUT2D eigenvalue weighted by Gasteiger charge is -2.26. The van der Waals surface area contributed by atoms with Crippen molar-refractivity contribution in [1.29, 1.82) is 0 Å². The highest BCUT2D eigenvalue weighted by Crippen LogP contribution is 2.21. The number of rotatable bonds is 6. The molecule has 3 nitrogen and oxygen atoms in total. The van der Waals surface area contributed by atoms with Crippen LogP contribution in [0.2, 0.25) is 0 Å². The third kappa shape index (κ3) is 6.20. The number of hydrogen-bond acceptors (Lipinski definition) is 2. The summed E-state index contributed by atoms with van der Waals surface area (Å²) in [5.41, 5.74) is 7.42. The normalized spacial score (nSPS) is 13.1. The number of amides is 1. The highest BCUT2D eigenvalue weighted by atomic mass is 16.2. The van der Waals surface area contributed by atoms with E-state index in [9.17, 15) is 4.79 Å². The lowest BCUT2D eigenvalue weighted by atomic mass is 9.87. The summed E-state index contributed by atoms with van der Waals surface area (Å²) < 4.78 is 0. The summed E-state index contributed by atoms with van der Waals surface area (Å²) in [5, 5.41) is 0. The molecule has 0 fully saturated rings. The van der Waals surface area contributed by atoms with E-state index in [0.29, 0.717) is 13.0 Å². The van der Waals surface area contributed by atoms with Crippen molar-refractivity contribution in [2.45, 2.75) is 53.1 Å². The van der Waals surface area contributed by atoms with Crippen LogP contribution >= 0.6 is 0 Å². The largest absolute Gasteiger partial charge is 0.339 e. The third-order valence-electron chi connectivity index (χ3n) is 3.26. The molecular formula is C17H28N2O. The minimum absolute atomic E-state index is 0.0627. The lowest BCUT2D eigenvalue weighted by molar-refractivity contribution is -0.132. The Kier molecular flexibility index (Phi) is 6.21. The number of carbonyl (C=O) groups is 1. The topological polar surface area (TPSA) is 46.3 Å². The van der Waals surface area contributed by atoms with Crippen molar-refractivity contribution in [1.82, 2.24) is 4.90 Å². The quantitative estimate of drug-likeness (QED) is 0.867. The van der Waals surface area contributed by atoms with Crippen LogP contribution in [0.25, 0.3) is 0 Å². The predicted octanol–water partition coefficient (Wildman–Crippen LogP) is 3.19. The number of nitrogens with zero attached hydrogens (tertiary/aromatic N) is 1. The summed E-state index contributed by atoms with van der Waals surface area (Å²) in [6.45, 7) is 9.85. The molecule has 1 amide bonds. The molecule has 1 aromatic carbocycles. The molecule has 0 aliphatic rings. The van der Waals surface area contributed by atoms with Gasteiger partial charge in [-0.15, -0.1) is 0 Å². The van der Waals surface area contributed by atoms with Crippen molar-refractivity contribution >= 4 is 5.91 Å². The zero-order valence-corrected chi connectivity index (χ0v) is 13.2. The smallest absolute Gasteiger partial charge is 0.224 e. The van der Waals surface area contributed by atoms with Crippen LogP contribution in [0.15, 0.2) is 30.3 Å². The Morgan fingerprint density at radius 3 is 2.35 bits per heavy atom. The average molecular weight is 276 g/mol. The van der Waals surface area contributed by atoms with Crippen molar-refractivity contribution in [3.63, 3.8) is 0 Å². The van der Waals surface area contributed by atoms with Crippen molar-refractivity contribution in [3.05, 3.63) is 35.9 Å². The maximum absolute atomic E-state index is 12.3. The molecule has 1 aromatic rings. The zero-order chi connectivity index (χ0) is 15.2. The van der Waals surface area contributed by atoms with Gasteiger partial charge < -0.3 is 10.6 Å². The second kappa shape index (κ2) is 7.44. The Morgan fingerprint density at radius 1 is 1.25 bits per heavy atom. The fourth-order valence-electron chi connectivity index (χ4n) is 2.39. The molecule has 1 atom stereocenters. The maximum atomic E-state index is 12.3. The Bertz CT molecular complexity index is 409. The van der Waals surface area contributed by atoms with E-state index in [0.717, 1.165) is 18.5 Å². The minimum atomic E-state index is -0.0627. The first-order valence-corrected chi connectivity index (χ1v) is 7.39. The highest BCUT2D eigenvalue weighted by Gasteiger charge is 2.20. The zero-order valence-electron chi connectivity index (χ0n) is 13.2. The van der Waals surface area contributed by atoms with Gasteiger partial charge >= 0.3 is 0 Å². The summed E-state index contributed by atoms with van der Waals surface area (Å²) in [6, 6.07) is 10.0. The molecule has 0 aromatic heterocycles. The van der Waals surface area contributed by atoms with Crippen molar-refractivity contribution in [3.8, 4) is 0 Å². The van der Waals surface area contributed by atoms with E-state index in [1.165, 1.54) is 0 Å². The molecule has 0 bridgehead atoms. The molecule has 112 valence electrons. The summed E-state index contributed by atoms with van der Waals surface area (Å²) in [7, 11) is 0. The van der Waals surface area contributed by atoms with Gasteiger partial charge in [-0.3, -0.25) is 4.79 Å². The molecule has 0 aliphatic carbocycles. The standard InChI is InChI=1S/C17H28N2O/c1-5-19(13-14-9-7-6-8-10-14)16(20)11-15(18)12-17(2,3)4/h6-10,15H,5,11-13,18H2,1-4H3. The van der Waals surface area contributed by atoms with Gasteiger partial charge in [0.2, 0.25) is 5.91 Å². The maximum Gasteiger partial charge on any atom is 0.224 e. The molecule has 0 spiro atoms. The van der Waals surface area contributed by atoms with Crippen molar-refractivity contribution in [2.75, 3.05) is 6.54 Å². The predicted molar refractivity (Wildman–Crippen MR) is 84.2 cm³/mol. The van der Waals surface area contributed by atoms with Crippen LogP contribution in [0, 0.1) is 5.41 Å². The van der Waals surface area contributed by atoms with Gasteiger partial charge in [0, 0.05) is 25.6 Å². The van der Waals surface area contributed by atoms with E-state index < -0.39 is 0 Å². The molecular weight excluding hydrogens is 248 g/mol. The van der Waals surface area contributed by atoms with Crippen LogP contribution < -0.4 is 5.73 Å². The molecule has 0 radical (unpaired) electrons. The van der Waals surface area contributed by atoms with Gasteiger partial charge in [0.05, 0.1) is 0 Å². The molecule has 3 heteroatoms. The summed E-state index contributed by atoms with van der Waals surface area (Å²) in [5.74, 6) is 0.146. The van der Waals surface area contributed by atoms with Crippen LogP contribution in [0.5, 0.6) is 0 Å². The van der Waals surface area contributed by atoms with Gasteiger partial charge in [-0.2, -0.15) is 0 Å². The van der Waals surface area contributed by atoms with E-state index in [4.69, 9.17) is 5.73 Å². The average Bonchev–Trinajstić information content (AvgIpc) is 2.34. The van der Waals surface area contributed by atoms with Gasteiger partial charge in [-0.1, -0.05) is 51.1 Å². The third-order valence-corrected chi connectivity index (χ3v) is 3.26. The van der Waals surface area contributed by atoms with Crippen molar-refractivity contribution in [2.24, 2.45) is 11.1 Å². The van der Waals surface area contributed by atoms with Gasteiger partial charge in [0.25, 0.3) is 0 Å². The number of benzene rings is 1. The van der Waals surface area contributed by atoms with Gasteiger partial charge in [-0.05, 0) is 24.3 Å². The first-order valence-electron chi connectivity index (χ1n) is 7.39. The van der Waals surface area contributed by atoms with E-state index in [1.807, 2.05) is 42.2 Å². The first kappa shape index (κ1) is 16.7. The second-order valence-corrected chi connectivity index (χ2v) is 6.62. The molecule has 0 heterocycles. The lowest BCUT2D eigenvalue weighted by Crippen LogP contribution is -2.37.